The van der Waals surface area contributed by atoms with Crippen molar-refractivity contribution in [2.45, 2.75) is 19.3 Å². The number of halogens is 2. The van der Waals surface area contributed by atoms with Crippen molar-refractivity contribution in [3.8, 4) is 0 Å². The molecule has 0 bridgehead atoms. The molecular weight excluding hydrogens is 368 g/mol. The van der Waals surface area contributed by atoms with E-state index in [-0.39, 0.29) is 29.3 Å². The zero-order valence-corrected chi connectivity index (χ0v) is 14.6. The van der Waals surface area contributed by atoms with E-state index in [9.17, 15) is 4.79 Å². The lowest BCUT2D eigenvalue weighted by atomic mass is 10.1. The van der Waals surface area contributed by atoms with Crippen LogP contribution in [0.25, 0.3) is 0 Å². The summed E-state index contributed by atoms with van der Waals surface area (Å²) in [5, 5.41) is 14.6. The fourth-order valence-electron chi connectivity index (χ4n) is 2.62. The van der Waals surface area contributed by atoms with Gasteiger partial charge in [0.1, 0.15) is 18.2 Å². The highest BCUT2D eigenvalue weighted by atomic mass is 79.9. The molecule has 1 aromatic rings. The third kappa shape index (κ3) is 3.67. The quantitative estimate of drug-likeness (QED) is 0.813. The van der Waals surface area contributed by atoms with Crippen molar-refractivity contribution < 1.29 is 4.79 Å². The van der Waals surface area contributed by atoms with Crippen molar-refractivity contribution in [1.82, 2.24) is 9.91 Å². The molecule has 5 nitrogen and oxygen atoms in total. The van der Waals surface area contributed by atoms with Crippen LogP contribution in [0.4, 0.5) is 0 Å². The van der Waals surface area contributed by atoms with Crippen molar-refractivity contribution in [3.05, 3.63) is 34.9 Å². The Bertz CT molecular complexity index is 596. The molecule has 0 spiro atoms. The van der Waals surface area contributed by atoms with Crippen molar-refractivity contribution in [2.24, 2.45) is 5.10 Å². The third-order valence-corrected chi connectivity index (χ3v) is 4.06. The lowest BCUT2D eigenvalue weighted by Gasteiger charge is -2.15. The molecule has 0 radical (unpaired) electrons. The Hall–Kier alpha value is -1.40. The van der Waals surface area contributed by atoms with Gasteiger partial charge < -0.3 is 4.90 Å². The van der Waals surface area contributed by atoms with Gasteiger partial charge in [0.05, 0.1) is 6.42 Å². The molecule has 0 unspecified atom stereocenters. The van der Waals surface area contributed by atoms with Crippen molar-refractivity contribution in [2.75, 3.05) is 19.6 Å². The van der Waals surface area contributed by atoms with E-state index in [1.807, 2.05) is 0 Å². The first-order valence-electron chi connectivity index (χ1n) is 7.09. The molecule has 1 fully saturated rings. The Morgan fingerprint density at radius 3 is 2.50 bits per heavy atom. The molecule has 0 atom stereocenters. The molecule has 2 heterocycles. The van der Waals surface area contributed by atoms with Crippen LogP contribution in [0.5, 0.6) is 0 Å². The van der Waals surface area contributed by atoms with Gasteiger partial charge >= 0.3 is 0 Å². The fourth-order valence-corrected chi connectivity index (χ4v) is 2.75. The van der Waals surface area contributed by atoms with Crippen LogP contribution in [0.3, 0.4) is 0 Å². The number of carbonyl (C=O) groups is 1. The number of ketones is 1. The Balaban J connectivity index is 0.00000176. The Labute approximate surface area is 145 Å². The Morgan fingerprint density at radius 2 is 1.86 bits per heavy atom. The smallest absolute Gasteiger partial charge is 0.184 e. The van der Waals surface area contributed by atoms with Gasteiger partial charge in [-0.3, -0.25) is 10.2 Å². The topological polar surface area (TPSA) is 59.8 Å². The number of benzene rings is 1. The second-order valence-corrected chi connectivity index (χ2v) is 5.76. The molecule has 0 aromatic heterocycles. The molecule has 0 amide bonds. The maximum absolute atomic E-state index is 12.2. The number of Topliss-reactive ketones (excluding diaryl/α,β-unsaturated/α-hetero) is 1. The van der Waals surface area contributed by atoms with Crippen molar-refractivity contribution >= 4 is 46.0 Å². The molecule has 0 saturated carbocycles. The van der Waals surface area contributed by atoms with E-state index in [1.165, 1.54) is 17.9 Å². The zero-order valence-electron chi connectivity index (χ0n) is 12.1. The van der Waals surface area contributed by atoms with Crippen LogP contribution in [0, 0.1) is 5.41 Å². The first-order chi connectivity index (χ1) is 10.1. The summed E-state index contributed by atoms with van der Waals surface area (Å²) in [7, 11) is 0. The summed E-state index contributed by atoms with van der Waals surface area (Å²) >= 11 is 5.82. The largest absolute Gasteiger partial charge is 0.358 e. The van der Waals surface area contributed by atoms with E-state index in [2.05, 4.69) is 10.0 Å². The predicted octanol–water partition coefficient (Wildman–Crippen LogP) is 3.19. The van der Waals surface area contributed by atoms with Crippen LogP contribution in [0.1, 0.15) is 29.6 Å². The fraction of sp³-hybridized carbons (Fsp3) is 0.400. The molecule has 2 aliphatic rings. The number of rotatable bonds is 3. The van der Waals surface area contributed by atoms with E-state index < -0.39 is 0 Å². The molecule has 0 aliphatic carbocycles. The summed E-state index contributed by atoms with van der Waals surface area (Å²) < 4.78 is 0. The minimum Gasteiger partial charge on any atom is -0.358 e. The molecule has 1 aromatic carbocycles. The predicted molar refractivity (Wildman–Crippen MR) is 93.4 cm³/mol. The van der Waals surface area contributed by atoms with Gasteiger partial charge in [-0.05, 0) is 37.1 Å². The summed E-state index contributed by atoms with van der Waals surface area (Å²) in [6, 6.07) is 6.80. The summed E-state index contributed by atoms with van der Waals surface area (Å²) in [5.41, 5.74) is 0.594. The van der Waals surface area contributed by atoms with Gasteiger partial charge in [-0.1, -0.05) is 11.6 Å². The van der Waals surface area contributed by atoms with Gasteiger partial charge in [0.25, 0.3) is 0 Å². The molecule has 22 heavy (non-hydrogen) atoms. The number of nitrogens with one attached hydrogen (secondary N) is 1. The van der Waals surface area contributed by atoms with Crippen LogP contribution >= 0.6 is 28.6 Å². The minimum absolute atomic E-state index is 0. The summed E-state index contributed by atoms with van der Waals surface area (Å²) in [6.45, 7) is 2.12. The van der Waals surface area contributed by atoms with E-state index in [1.54, 1.807) is 24.3 Å². The Kier molecular flexibility index (Phi) is 5.58. The standard InChI is InChI=1S/C15H17ClN4O.BrH/c16-12-5-3-11(4-6-12)13(21)10-20-14(17)9-15(18-20)19-7-1-2-8-19;/h3-6,17H,1-2,7-10H2;1H. The SMILES string of the molecule is Br.N=C1CC(N2CCCC2)=NN1CC(=O)c1ccc(Cl)cc1. The molecule has 1 N–H and O–H groups in total. The van der Waals surface area contributed by atoms with Gasteiger partial charge in [0, 0.05) is 23.7 Å². The second-order valence-electron chi connectivity index (χ2n) is 5.32. The highest BCUT2D eigenvalue weighted by molar-refractivity contribution is 8.93. The van der Waals surface area contributed by atoms with Gasteiger partial charge in [-0.2, -0.15) is 5.10 Å². The first-order valence-corrected chi connectivity index (χ1v) is 7.47. The van der Waals surface area contributed by atoms with E-state index in [4.69, 9.17) is 17.0 Å². The van der Waals surface area contributed by atoms with Gasteiger partial charge in [-0.15, -0.1) is 17.0 Å². The maximum Gasteiger partial charge on any atom is 0.184 e. The van der Waals surface area contributed by atoms with Gasteiger partial charge in [0.15, 0.2) is 5.78 Å². The lowest BCUT2D eigenvalue weighted by Crippen LogP contribution is -2.27. The molecule has 3 rings (SSSR count). The number of nitrogens with zero attached hydrogens (tertiary/aromatic N) is 3. The summed E-state index contributed by atoms with van der Waals surface area (Å²) in [5.74, 6) is 1.25. The molecule has 1 saturated heterocycles. The van der Waals surface area contributed by atoms with Crippen LogP contribution in [0.15, 0.2) is 29.4 Å². The van der Waals surface area contributed by atoms with Crippen molar-refractivity contribution in [1.29, 1.82) is 5.41 Å². The van der Waals surface area contributed by atoms with Crippen LogP contribution in [-0.4, -0.2) is 47.0 Å². The van der Waals surface area contributed by atoms with Gasteiger partial charge in [-0.25, -0.2) is 5.01 Å². The highest BCUT2D eigenvalue weighted by Gasteiger charge is 2.27. The summed E-state index contributed by atoms with van der Waals surface area (Å²) in [6.07, 6.45) is 2.88. The highest BCUT2D eigenvalue weighted by Crippen LogP contribution is 2.18. The lowest BCUT2D eigenvalue weighted by molar-refractivity contribution is 0.0964. The number of likely N-dealkylation sites (tertiary alicyclic amines) is 1. The number of amidine groups is 2. The first kappa shape index (κ1) is 17.0. The average molecular weight is 386 g/mol. The molecule has 7 heteroatoms. The Morgan fingerprint density at radius 1 is 1.23 bits per heavy atom. The number of carbonyl (C=O) groups excluding carboxylic acids is 1. The van der Waals surface area contributed by atoms with E-state index in [0.29, 0.717) is 22.8 Å². The number of hydrogen-bond acceptors (Lipinski definition) is 4. The zero-order chi connectivity index (χ0) is 14.8. The maximum atomic E-state index is 12.2. The molecule has 118 valence electrons. The minimum atomic E-state index is -0.0529. The average Bonchev–Trinajstić information content (AvgIpc) is 3.10. The monoisotopic (exact) mass is 384 g/mol. The van der Waals surface area contributed by atoms with Crippen LogP contribution < -0.4 is 0 Å². The molecule has 2 aliphatic heterocycles. The molecular formula is C15H18BrClN4O. The van der Waals surface area contributed by atoms with Crippen LogP contribution in [0.2, 0.25) is 5.02 Å². The number of hydrazone groups is 1. The second kappa shape index (κ2) is 7.24. The third-order valence-electron chi connectivity index (χ3n) is 3.80. The van der Waals surface area contributed by atoms with E-state index in [0.717, 1.165) is 18.9 Å². The van der Waals surface area contributed by atoms with Crippen LogP contribution in [-0.2, 0) is 0 Å². The van der Waals surface area contributed by atoms with Crippen molar-refractivity contribution in [3.63, 3.8) is 0 Å². The normalized spacial score (nSPS) is 17.5. The number of hydrogen-bond donors (Lipinski definition) is 1. The van der Waals surface area contributed by atoms with E-state index >= 15 is 0 Å². The van der Waals surface area contributed by atoms with Gasteiger partial charge in [0.2, 0.25) is 0 Å². The summed E-state index contributed by atoms with van der Waals surface area (Å²) in [4.78, 5) is 14.4.